The molecule has 1 aliphatic heterocycles. The van der Waals surface area contributed by atoms with E-state index in [0.29, 0.717) is 19.2 Å². The Morgan fingerprint density at radius 2 is 1.92 bits per heavy atom. The van der Waals surface area contributed by atoms with Crippen LogP contribution in [0.4, 0.5) is 4.79 Å². The number of ether oxygens (including phenoxy) is 2. The molecule has 0 bridgehead atoms. The van der Waals surface area contributed by atoms with E-state index in [0.717, 1.165) is 63.4 Å². The summed E-state index contributed by atoms with van der Waals surface area (Å²) in [4.78, 5) is 14.4. The van der Waals surface area contributed by atoms with Gasteiger partial charge >= 0.3 is 6.03 Å². The molecule has 0 atom stereocenters. The van der Waals surface area contributed by atoms with Crippen LogP contribution in [0, 0.1) is 0 Å². The second-order valence-electron chi connectivity index (χ2n) is 7.05. The summed E-state index contributed by atoms with van der Waals surface area (Å²) in [5.41, 5.74) is 1.03. The Labute approximate surface area is 156 Å². The van der Waals surface area contributed by atoms with Crippen LogP contribution in [-0.2, 0) is 11.3 Å². The van der Waals surface area contributed by atoms with Crippen molar-refractivity contribution in [3.05, 3.63) is 29.8 Å². The minimum absolute atomic E-state index is 0.123. The fourth-order valence-corrected chi connectivity index (χ4v) is 3.52. The summed E-state index contributed by atoms with van der Waals surface area (Å²) in [6.07, 6.45) is 6.03. The van der Waals surface area contributed by atoms with Crippen molar-refractivity contribution in [3.8, 4) is 5.75 Å². The summed E-state index contributed by atoms with van der Waals surface area (Å²) >= 11 is 0. The van der Waals surface area contributed by atoms with Gasteiger partial charge in [0.25, 0.3) is 0 Å². The molecule has 1 aliphatic carbocycles. The molecule has 3 rings (SSSR count). The maximum Gasteiger partial charge on any atom is 0.315 e. The lowest BCUT2D eigenvalue weighted by Crippen LogP contribution is -2.39. The number of rotatable bonds is 8. The SMILES string of the molecule is O=C(NCCCN1CCOCC1)NCc1ccccc1OC1CCCC1. The first-order valence-corrected chi connectivity index (χ1v) is 9.87. The molecule has 0 unspecified atom stereocenters. The van der Waals surface area contributed by atoms with E-state index in [-0.39, 0.29) is 6.03 Å². The lowest BCUT2D eigenvalue weighted by Gasteiger charge is -2.26. The summed E-state index contributed by atoms with van der Waals surface area (Å²) in [5.74, 6) is 0.895. The number of carbonyl (C=O) groups is 1. The molecule has 144 valence electrons. The van der Waals surface area contributed by atoms with Crippen LogP contribution in [0.5, 0.6) is 5.75 Å². The van der Waals surface area contributed by atoms with Gasteiger partial charge in [0.15, 0.2) is 0 Å². The normalized spacial score (nSPS) is 18.6. The second kappa shape index (κ2) is 10.4. The third kappa shape index (κ3) is 6.18. The fraction of sp³-hybridized carbons (Fsp3) is 0.650. The monoisotopic (exact) mass is 361 g/mol. The Morgan fingerprint density at radius 3 is 2.73 bits per heavy atom. The molecule has 1 saturated heterocycles. The smallest absolute Gasteiger partial charge is 0.315 e. The molecule has 0 spiro atoms. The summed E-state index contributed by atoms with van der Waals surface area (Å²) in [7, 11) is 0. The molecule has 2 aliphatic rings. The van der Waals surface area contributed by atoms with E-state index in [9.17, 15) is 4.79 Å². The molecule has 0 radical (unpaired) electrons. The van der Waals surface area contributed by atoms with Gasteiger partial charge < -0.3 is 20.1 Å². The highest BCUT2D eigenvalue weighted by atomic mass is 16.5. The van der Waals surface area contributed by atoms with Gasteiger partial charge in [0.2, 0.25) is 0 Å². The summed E-state index contributed by atoms with van der Waals surface area (Å²) < 4.78 is 11.5. The molecular weight excluding hydrogens is 330 g/mol. The molecule has 2 amide bonds. The zero-order valence-electron chi connectivity index (χ0n) is 15.5. The summed E-state index contributed by atoms with van der Waals surface area (Å²) in [6.45, 7) is 5.78. The number of amides is 2. The van der Waals surface area contributed by atoms with Gasteiger partial charge in [0.1, 0.15) is 5.75 Å². The van der Waals surface area contributed by atoms with E-state index >= 15 is 0 Å². The van der Waals surface area contributed by atoms with E-state index in [4.69, 9.17) is 9.47 Å². The number of nitrogens with zero attached hydrogens (tertiary/aromatic N) is 1. The third-order valence-electron chi connectivity index (χ3n) is 5.05. The number of benzene rings is 1. The van der Waals surface area contributed by atoms with Crippen LogP contribution in [0.15, 0.2) is 24.3 Å². The van der Waals surface area contributed by atoms with Crippen molar-refractivity contribution in [2.75, 3.05) is 39.4 Å². The molecule has 6 heteroatoms. The maximum absolute atomic E-state index is 12.0. The molecule has 0 aromatic heterocycles. The molecule has 6 nitrogen and oxygen atoms in total. The summed E-state index contributed by atoms with van der Waals surface area (Å²) in [5, 5.41) is 5.88. The van der Waals surface area contributed by atoms with Crippen LogP contribution in [0.2, 0.25) is 0 Å². The predicted octanol–water partition coefficient (Wildman–Crippen LogP) is 2.53. The highest BCUT2D eigenvalue weighted by Gasteiger charge is 2.17. The van der Waals surface area contributed by atoms with E-state index in [1.54, 1.807) is 0 Å². The average Bonchev–Trinajstić information content (AvgIpc) is 3.18. The average molecular weight is 361 g/mol. The van der Waals surface area contributed by atoms with Crippen molar-refractivity contribution >= 4 is 6.03 Å². The minimum Gasteiger partial charge on any atom is -0.490 e. The maximum atomic E-state index is 12.0. The van der Waals surface area contributed by atoms with Gasteiger partial charge in [0.05, 0.1) is 19.3 Å². The van der Waals surface area contributed by atoms with Crippen LogP contribution in [0.1, 0.15) is 37.7 Å². The molecule has 2 N–H and O–H groups in total. The molecule has 26 heavy (non-hydrogen) atoms. The van der Waals surface area contributed by atoms with Gasteiger partial charge in [-0.25, -0.2) is 4.79 Å². The lowest BCUT2D eigenvalue weighted by atomic mass is 10.2. The van der Waals surface area contributed by atoms with E-state index in [2.05, 4.69) is 15.5 Å². The van der Waals surface area contributed by atoms with Gasteiger partial charge in [-0.15, -0.1) is 0 Å². The molecular formula is C20H31N3O3. The number of para-hydroxylation sites is 1. The number of hydrogen-bond acceptors (Lipinski definition) is 4. The van der Waals surface area contributed by atoms with Crippen LogP contribution >= 0.6 is 0 Å². The highest BCUT2D eigenvalue weighted by molar-refractivity contribution is 5.73. The van der Waals surface area contributed by atoms with Gasteiger partial charge in [-0.3, -0.25) is 4.90 Å². The molecule has 1 aromatic rings. The van der Waals surface area contributed by atoms with Gasteiger partial charge in [-0.2, -0.15) is 0 Å². The summed E-state index contributed by atoms with van der Waals surface area (Å²) in [6, 6.07) is 7.86. The lowest BCUT2D eigenvalue weighted by molar-refractivity contribution is 0.0375. The van der Waals surface area contributed by atoms with Crippen LogP contribution in [0.3, 0.4) is 0 Å². The van der Waals surface area contributed by atoms with E-state index < -0.39 is 0 Å². The molecule has 1 aromatic carbocycles. The van der Waals surface area contributed by atoms with Gasteiger partial charge in [-0.1, -0.05) is 18.2 Å². The fourth-order valence-electron chi connectivity index (χ4n) is 3.52. The number of morpholine rings is 1. The third-order valence-corrected chi connectivity index (χ3v) is 5.05. The quantitative estimate of drug-likeness (QED) is 0.699. The van der Waals surface area contributed by atoms with Crippen molar-refractivity contribution in [1.29, 1.82) is 0 Å². The molecule has 1 heterocycles. The van der Waals surface area contributed by atoms with Crippen molar-refractivity contribution in [3.63, 3.8) is 0 Å². The van der Waals surface area contributed by atoms with Crippen molar-refractivity contribution in [2.45, 2.75) is 44.8 Å². The highest BCUT2D eigenvalue weighted by Crippen LogP contribution is 2.26. The first-order valence-electron chi connectivity index (χ1n) is 9.87. The minimum atomic E-state index is -0.123. The first kappa shape index (κ1) is 19.0. The van der Waals surface area contributed by atoms with Crippen molar-refractivity contribution in [2.24, 2.45) is 0 Å². The Hall–Kier alpha value is -1.79. The predicted molar refractivity (Wildman–Crippen MR) is 101 cm³/mol. The van der Waals surface area contributed by atoms with E-state index in [1.165, 1.54) is 12.8 Å². The van der Waals surface area contributed by atoms with Crippen LogP contribution in [-0.4, -0.2) is 56.4 Å². The Morgan fingerprint density at radius 1 is 1.15 bits per heavy atom. The Balaban J connectivity index is 1.34. The Bertz CT molecular complexity index is 555. The van der Waals surface area contributed by atoms with Gasteiger partial charge in [-0.05, 0) is 44.7 Å². The molecule has 2 fully saturated rings. The van der Waals surface area contributed by atoms with Crippen molar-refractivity contribution < 1.29 is 14.3 Å². The molecule has 1 saturated carbocycles. The van der Waals surface area contributed by atoms with Crippen LogP contribution < -0.4 is 15.4 Å². The Kier molecular flexibility index (Phi) is 7.58. The number of urea groups is 1. The second-order valence-corrected chi connectivity index (χ2v) is 7.05. The van der Waals surface area contributed by atoms with Crippen LogP contribution in [0.25, 0.3) is 0 Å². The number of nitrogens with one attached hydrogen (secondary N) is 2. The van der Waals surface area contributed by atoms with Gasteiger partial charge in [0, 0.05) is 31.7 Å². The number of hydrogen-bond donors (Lipinski definition) is 2. The topological polar surface area (TPSA) is 62.8 Å². The van der Waals surface area contributed by atoms with E-state index in [1.807, 2.05) is 24.3 Å². The first-order chi connectivity index (χ1) is 12.8. The zero-order chi connectivity index (χ0) is 18.0. The van der Waals surface area contributed by atoms with Crippen molar-refractivity contribution in [1.82, 2.24) is 15.5 Å². The standard InChI is InChI=1S/C20H31N3O3/c24-20(21-10-5-11-23-12-14-25-15-13-23)22-16-17-6-1-4-9-19(17)26-18-7-2-3-8-18/h1,4,6,9,18H,2-3,5,7-8,10-16H2,(H2,21,22,24). The largest absolute Gasteiger partial charge is 0.490 e. The zero-order valence-corrected chi connectivity index (χ0v) is 15.5. The number of carbonyl (C=O) groups excluding carboxylic acids is 1.